The van der Waals surface area contributed by atoms with E-state index in [1.165, 1.54) is 12.1 Å². The summed E-state index contributed by atoms with van der Waals surface area (Å²) >= 11 is 0. The molecule has 22 heavy (non-hydrogen) atoms. The smallest absolute Gasteiger partial charge is 0.254 e. The van der Waals surface area contributed by atoms with Crippen molar-refractivity contribution in [1.82, 2.24) is 15.1 Å². The Balaban J connectivity index is 1.77. The second-order valence-corrected chi connectivity index (χ2v) is 5.21. The van der Waals surface area contributed by atoms with Gasteiger partial charge >= 0.3 is 0 Å². The Bertz CT molecular complexity index is 702. The van der Waals surface area contributed by atoms with Crippen LogP contribution in [0.1, 0.15) is 28.4 Å². The molecule has 1 aromatic heterocycles. The van der Waals surface area contributed by atoms with E-state index in [2.05, 4.69) is 10.4 Å². The Morgan fingerprint density at radius 1 is 1.45 bits per heavy atom. The van der Waals surface area contributed by atoms with Crippen LogP contribution in [-0.2, 0) is 11.8 Å². The Hall–Kier alpha value is -2.28. The number of nitrogens with zero attached hydrogens (tertiary/aromatic N) is 2. The highest BCUT2D eigenvalue weighted by Crippen LogP contribution is 2.29. The molecule has 0 unspecified atom stereocenters. The molecule has 116 valence electrons. The molecule has 1 fully saturated rings. The molecule has 2 heterocycles. The van der Waals surface area contributed by atoms with E-state index in [9.17, 15) is 13.6 Å². The standard InChI is InChI=1S/C15H15F2N3O2/c1-20-8-9(7-18-20)14-12(5-6-22-14)19-15(21)10-3-2-4-11(16)13(10)17/h2-4,7-8,12,14H,5-6H2,1H3,(H,19,21)/t12-,14+/m0/s1. The van der Waals surface area contributed by atoms with Gasteiger partial charge in [0.15, 0.2) is 11.6 Å². The van der Waals surface area contributed by atoms with E-state index in [-0.39, 0.29) is 17.7 Å². The minimum Gasteiger partial charge on any atom is -0.371 e. The van der Waals surface area contributed by atoms with Gasteiger partial charge in [-0.15, -0.1) is 0 Å². The van der Waals surface area contributed by atoms with Crippen molar-refractivity contribution >= 4 is 5.91 Å². The maximum Gasteiger partial charge on any atom is 0.254 e. The summed E-state index contributed by atoms with van der Waals surface area (Å²) in [6, 6.07) is 3.22. The lowest BCUT2D eigenvalue weighted by atomic mass is 10.0. The van der Waals surface area contributed by atoms with Gasteiger partial charge in [-0.1, -0.05) is 6.07 Å². The SMILES string of the molecule is Cn1cc([C@H]2OCC[C@@H]2NC(=O)c2cccc(F)c2F)cn1. The van der Waals surface area contributed by atoms with Crippen molar-refractivity contribution in [2.45, 2.75) is 18.6 Å². The van der Waals surface area contributed by atoms with Crippen LogP contribution in [-0.4, -0.2) is 28.3 Å². The van der Waals surface area contributed by atoms with Gasteiger partial charge in [0.1, 0.15) is 6.10 Å². The van der Waals surface area contributed by atoms with Crippen molar-refractivity contribution < 1.29 is 18.3 Å². The summed E-state index contributed by atoms with van der Waals surface area (Å²) in [5.41, 5.74) is 0.529. The topological polar surface area (TPSA) is 56.1 Å². The van der Waals surface area contributed by atoms with Gasteiger partial charge < -0.3 is 10.1 Å². The van der Waals surface area contributed by atoms with Crippen LogP contribution in [0.3, 0.4) is 0 Å². The maximum absolute atomic E-state index is 13.7. The maximum atomic E-state index is 13.7. The Morgan fingerprint density at radius 3 is 3.00 bits per heavy atom. The van der Waals surface area contributed by atoms with Crippen LogP contribution in [0.2, 0.25) is 0 Å². The molecule has 0 aliphatic carbocycles. The lowest BCUT2D eigenvalue weighted by Crippen LogP contribution is -2.37. The van der Waals surface area contributed by atoms with Crippen molar-refractivity contribution in [3.63, 3.8) is 0 Å². The number of hydrogen-bond acceptors (Lipinski definition) is 3. The Labute approximate surface area is 125 Å². The number of benzene rings is 1. The largest absolute Gasteiger partial charge is 0.371 e. The average molecular weight is 307 g/mol. The lowest BCUT2D eigenvalue weighted by molar-refractivity contribution is 0.0818. The summed E-state index contributed by atoms with van der Waals surface area (Å²) in [6.45, 7) is 0.482. The predicted molar refractivity (Wildman–Crippen MR) is 74.1 cm³/mol. The molecule has 7 heteroatoms. The number of hydrogen-bond donors (Lipinski definition) is 1. The first kappa shape index (κ1) is 14.6. The lowest BCUT2D eigenvalue weighted by Gasteiger charge is -2.19. The molecule has 2 atom stereocenters. The highest BCUT2D eigenvalue weighted by Gasteiger charge is 2.32. The fourth-order valence-corrected chi connectivity index (χ4v) is 2.58. The van der Waals surface area contributed by atoms with Crippen molar-refractivity contribution in [2.24, 2.45) is 7.05 Å². The van der Waals surface area contributed by atoms with Gasteiger partial charge in [-0.3, -0.25) is 9.48 Å². The van der Waals surface area contributed by atoms with Crippen LogP contribution in [0.4, 0.5) is 8.78 Å². The van der Waals surface area contributed by atoms with Gasteiger partial charge in [-0.05, 0) is 18.6 Å². The summed E-state index contributed by atoms with van der Waals surface area (Å²) in [5, 5.41) is 6.79. The monoisotopic (exact) mass is 307 g/mol. The first-order valence-corrected chi connectivity index (χ1v) is 6.91. The minimum atomic E-state index is -1.14. The van der Waals surface area contributed by atoms with Crippen molar-refractivity contribution in [2.75, 3.05) is 6.61 Å². The van der Waals surface area contributed by atoms with Gasteiger partial charge in [0, 0.05) is 25.4 Å². The molecule has 1 amide bonds. The molecule has 1 aromatic carbocycles. The van der Waals surface area contributed by atoms with Crippen LogP contribution < -0.4 is 5.32 Å². The van der Waals surface area contributed by atoms with Gasteiger partial charge in [0.2, 0.25) is 0 Å². The normalized spacial score (nSPS) is 21.0. The van der Waals surface area contributed by atoms with Crippen molar-refractivity contribution in [3.8, 4) is 0 Å². The molecule has 1 saturated heterocycles. The van der Waals surface area contributed by atoms with Gasteiger partial charge in [-0.25, -0.2) is 8.78 Å². The molecular weight excluding hydrogens is 292 g/mol. The third-order valence-electron chi connectivity index (χ3n) is 3.66. The first-order valence-electron chi connectivity index (χ1n) is 6.91. The van der Waals surface area contributed by atoms with E-state index in [4.69, 9.17) is 4.74 Å². The van der Waals surface area contributed by atoms with Crippen LogP contribution in [0.5, 0.6) is 0 Å². The molecule has 0 bridgehead atoms. The Kier molecular flexibility index (Phi) is 3.89. The molecule has 5 nitrogen and oxygen atoms in total. The fraction of sp³-hybridized carbons (Fsp3) is 0.333. The number of carbonyl (C=O) groups excluding carboxylic acids is 1. The number of aryl methyl sites for hydroxylation is 1. The van der Waals surface area contributed by atoms with Crippen LogP contribution in [0.15, 0.2) is 30.6 Å². The summed E-state index contributed by atoms with van der Waals surface area (Å²) in [5.74, 6) is -2.84. The van der Waals surface area contributed by atoms with Crippen LogP contribution >= 0.6 is 0 Å². The molecule has 1 aliphatic heterocycles. The van der Waals surface area contributed by atoms with E-state index in [1.807, 2.05) is 0 Å². The third kappa shape index (κ3) is 2.71. The van der Waals surface area contributed by atoms with Gasteiger partial charge in [-0.2, -0.15) is 5.10 Å². The number of halogens is 2. The zero-order valence-corrected chi connectivity index (χ0v) is 11.9. The minimum absolute atomic E-state index is 0.306. The fourth-order valence-electron chi connectivity index (χ4n) is 2.58. The van der Waals surface area contributed by atoms with E-state index in [1.54, 1.807) is 24.1 Å². The number of nitrogens with one attached hydrogen (secondary N) is 1. The molecule has 0 spiro atoms. The number of rotatable bonds is 3. The molecule has 0 radical (unpaired) electrons. The first-order chi connectivity index (χ1) is 10.6. The van der Waals surface area contributed by atoms with E-state index in [0.29, 0.717) is 13.0 Å². The third-order valence-corrected chi connectivity index (χ3v) is 3.66. The summed E-state index contributed by atoms with van der Waals surface area (Å²) in [7, 11) is 1.79. The highest BCUT2D eigenvalue weighted by atomic mass is 19.2. The van der Waals surface area contributed by atoms with Crippen molar-refractivity contribution in [3.05, 3.63) is 53.4 Å². The summed E-state index contributed by atoms with van der Waals surface area (Å²) in [6.07, 6.45) is 3.73. The number of amides is 1. The zero-order valence-electron chi connectivity index (χ0n) is 11.9. The van der Waals surface area contributed by atoms with E-state index < -0.39 is 17.5 Å². The summed E-state index contributed by atoms with van der Waals surface area (Å²) < 4.78 is 34.1. The zero-order chi connectivity index (χ0) is 15.7. The molecular formula is C15H15F2N3O2. The number of carbonyl (C=O) groups is 1. The molecule has 2 aromatic rings. The highest BCUT2D eigenvalue weighted by molar-refractivity contribution is 5.94. The van der Waals surface area contributed by atoms with Gasteiger partial charge in [0.25, 0.3) is 5.91 Å². The number of ether oxygens (including phenoxy) is 1. The average Bonchev–Trinajstić information content (AvgIpc) is 3.10. The van der Waals surface area contributed by atoms with Crippen LogP contribution in [0, 0.1) is 11.6 Å². The second kappa shape index (κ2) is 5.84. The van der Waals surface area contributed by atoms with Crippen molar-refractivity contribution in [1.29, 1.82) is 0 Å². The Morgan fingerprint density at radius 2 is 2.27 bits per heavy atom. The molecule has 1 N–H and O–H groups in total. The molecule has 0 saturated carbocycles. The van der Waals surface area contributed by atoms with Crippen LogP contribution in [0.25, 0.3) is 0 Å². The van der Waals surface area contributed by atoms with Gasteiger partial charge in [0.05, 0.1) is 17.8 Å². The summed E-state index contributed by atoms with van der Waals surface area (Å²) in [4.78, 5) is 12.2. The second-order valence-electron chi connectivity index (χ2n) is 5.21. The van der Waals surface area contributed by atoms with E-state index in [0.717, 1.165) is 11.6 Å². The predicted octanol–water partition coefficient (Wildman–Crippen LogP) is 1.96. The quantitative estimate of drug-likeness (QED) is 0.943. The number of aromatic nitrogens is 2. The van der Waals surface area contributed by atoms with E-state index >= 15 is 0 Å². The molecule has 3 rings (SSSR count). The molecule has 1 aliphatic rings.